The van der Waals surface area contributed by atoms with E-state index in [4.69, 9.17) is 16.3 Å². The van der Waals surface area contributed by atoms with E-state index >= 15 is 0 Å². The van der Waals surface area contributed by atoms with Crippen LogP contribution in [0.3, 0.4) is 0 Å². The summed E-state index contributed by atoms with van der Waals surface area (Å²) in [6.45, 7) is 3.16. The molecule has 0 unspecified atom stereocenters. The number of hydrogen-bond donors (Lipinski definition) is 1. The molecule has 8 heteroatoms. The Morgan fingerprint density at radius 3 is 2.62 bits per heavy atom. The van der Waals surface area contributed by atoms with Gasteiger partial charge in [0.15, 0.2) is 0 Å². The topological polar surface area (TPSA) is 74.8 Å². The molecular formula is C18H21ClN4O3. The molecular weight excluding hydrogens is 356 g/mol. The number of urea groups is 1. The number of alkyl carbamates (subject to hydrolysis) is 1. The third kappa shape index (κ3) is 2.60. The molecule has 1 aliphatic carbocycles. The lowest BCUT2D eigenvalue weighted by Crippen LogP contribution is -2.74. The standard InChI is InChI=1S/C18H21ClN4O3/c19-13-1-2-14(20-6-13)3-12-4-17(5-12)7-22(8-17)16(25)23-9-18(10-23)11-26-15(24)21-18/h1-2,6,12H,3-5,7-11H2,(H,21,24). The molecule has 1 aromatic rings. The van der Waals surface area contributed by atoms with Crippen LogP contribution < -0.4 is 5.32 Å². The first kappa shape index (κ1) is 16.2. The molecule has 0 radical (unpaired) electrons. The number of rotatable bonds is 2. The molecule has 0 atom stereocenters. The number of hydrogen-bond acceptors (Lipinski definition) is 4. The zero-order valence-corrected chi connectivity index (χ0v) is 15.2. The van der Waals surface area contributed by atoms with Crippen LogP contribution in [0.5, 0.6) is 0 Å². The van der Waals surface area contributed by atoms with Gasteiger partial charge < -0.3 is 19.9 Å². The van der Waals surface area contributed by atoms with Crippen LogP contribution in [0.4, 0.5) is 9.59 Å². The summed E-state index contributed by atoms with van der Waals surface area (Å²) in [5.74, 6) is 0.652. The van der Waals surface area contributed by atoms with E-state index in [0.29, 0.717) is 36.1 Å². The first-order chi connectivity index (χ1) is 12.4. The number of aromatic nitrogens is 1. The molecule has 2 spiro atoms. The molecule has 4 aliphatic rings. The number of likely N-dealkylation sites (tertiary alicyclic amines) is 2. The van der Waals surface area contributed by atoms with Gasteiger partial charge in [-0.05, 0) is 37.3 Å². The van der Waals surface area contributed by atoms with E-state index in [-0.39, 0.29) is 17.7 Å². The second kappa shape index (κ2) is 5.49. The molecule has 1 N–H and O–H groups in total. The minimum absolute atomic E-state index is 0.0882. The molecule has 1 aromatic heterocycles. The van der Waals surface area contributed by atoms with Crippen molar-refractivity contribution in [2.24, 2.45) is 11.3 Å². The zero-order chi connectivity index (χ0) is 17.9. The van der Waals surface area contributed by atoms with E-state index in [9.17, 15) is 9.59 Å². The minimum Gasteiger partial charge on any atom is -0.447 e. The second-order valence-corrected chi connectivity index (χ2v) is 8.86. The van der Waals surface area contributed by atoms with E-state index in [1.807, 2.05) is 17.0 Å². The summed E-state index contributed by atoms with van der Waals surface area (Å²) in [6.07, 6.45) is 4.63. The number of carbonyl (C=O) groups is 2. The average Bonchev–Trinajstić information content (AvgIpc) is 2.90. The molecule has 0 bridgehead atoms. The first-order valence-corrected chi connectivity index (χ1v) is 9.41. The van der Waals surface area contributed by atoms with E-state index < -0.39 is 0 Å². The smallest absolute Gasteiger partial charge is 0.407 e. The fraction of sp³-hybridized carbons (Fsp3) is 0.611. The van der Waals surface area contributed by atoms with Gasteiger partial charge in [-0.25, -0.2) is 9.59 Å². The van der Waals surface area contributed by atoms with Crippen LogP contribution in [0.1, 0.15) is 18.5 Å². The highest BCUT2D eigenvalue weighted by atomic mass is 35.5. The normalized spacial score (nSPS) is 25.3. The van der Waals surface area contributed by atoms with Crippen LogP contribution >= 0.6 is 11.6 Å². The quantitative estimate of drug-likeness (QED) is 0.855. The summed E-state index contributed by atoms with van der Waals surface area (Å²) in [7, 11) is 0. The summed E-state index contributed by atoms with van der Waals surface area (Å²) in [5.41, 5.74) is 1.07. The van der Waals surface area contributed by atoms with E-state index in [0.717, 1.165) is 38.0 Å². The van der Waals surface area contributed by atoms with Crippen molar-refractivity contribution in [2.75, 3.05) is 32.8 Å². The van der Waals surface area contributed by atoms with Crippen molar-refractivity contribution < 1.29 is 14.3 Å². The van der Waals surface area contributed by atoms with Gasteiger partial charge >= 0.3 is 12.1 Å². The molecule has 3 aliphatic heterocycles. The van der Waals surface area contributed by atoms with Crippen LogP contribution in [0, 0.1) is 11.3 Å². The average molecular weight is 377 g/mol. The van der Waals surface area contributed by atoms with Crippen molar-refractivity contribution in [1.29, 1.82) is 0 Å². The SMILES string of the molecule is O=C1NC2(CO1)CN(C(=O)N1CC3(CC(Cc4ccc(Cl)cn4)C3)C1)C2. The van der Waals surface area contributed by atoms with E-state index in [1.165, 1.54) is 0 Å². The maximum absolute atomic E-state index is 12.5. The molecule has 1 saturated carbocycles. The number of amides is 3. The van der Waals surface area contributed by atoms with Crippen molar-refractivity contribution in [3.63, 3.8) is 0 Å². The summed E-state index contributed by atoms with van der Waals surface area (Å²) in [4.78, 5) is 31.8. The van der Waals surface area contributed by atoms with Gasteiger partial charge in [0.25, 0.3) is 0 Å². The Labute approximate surface area is 156 Å². The minimum atomic E-state index is -0.379. The maximum Gasteiger partial charge on any atom is 0.407 e. The number of ether oxygens (including phenoxy) is 1. The molecule has 4 heterocycles. The molecule has 4 fully saturated rings. The fourth-order valence-corrected chi connectivity index (χ4v) is 5.08. The van der Waals surface area contributed by atoms with Gasteiger partial charge in [-0.3, -0.25) is 4.98 Å². The lowest BCUT2D eigenvalue weighted by molar-refractivity contribution is -0.0828. The van der Waals surface area contributed by atoms with Gasteiger partial charge in [0.2, 0.25) is 0 Å². The molecule has 3 saturated heterocycles. The van der Waals surface area contributed by atoms with Gasteiger partial charge in [-0.15, -0.1) is 0 Å². The largest absolute Gasteiger partial charge is 0.447 e. The van der Waals surface area contributed by atoms with Gasteiger partial charge in [0, 0.05) is 30.4 Å². The fourth-order valence-electron chi connectivity index (χ4n) is 4.97. The Morgan fingerprint density at radius 1 is 1.27 bits per heavy atom. The Bertz CT molecular complexity index is 748. The zero-order valence-electron chi connectivity index (χ0n) is 14.4. The van der Waals surface area contributed by atoms with Crippen LogP contribution in [0.2, 0.25) is 5.02 Å². The van der Waals surface area contributed by atoms with Crippen molar-refractivity contribution in [1.82, 2.24) is 20.1 Å². The molecule has 138 valence electrons. The number of halogens is 1. The van der Waals surface area contributed by atoms with Gasteiger partial charge in [-0.2, -0.15) is 0 Å². The number of carbonyl (C=O) groups excluding carboxylic acids is 2. The summed E-state index contributed by atoms with van der Waals surface area (Å²) < 4.78 is 4.95. The van der Waals surface area contributed by atoms with Gasteiger partial charge in [-0.1, -0.05) is 11.6 Å². The molecule has 5 rings (SSSR count). The highest BCUT2D eigenvalue weighted by molar-refractivity contribution is 6.30. The van der Waals surface area contributed by atoms with Crippen LogP contribution in [0.25, 0.3) is 0 Å². The van der Waals surface area contributed by atoms with Crippen molar-refractivity contribution in [3.05, 3.63) is 29.0 Å². The molecule has 7 nitrogen and oxygen atoms in total. The van der Waals surface area contributed by atoms with Crippen molar-refractivity contribution in [2.45, 2.75) is 24.8 Å². The maximum atomic E-state index is 12.5. The van der Waals surface area contributed by atoms with E-state index in [1.54, 1.807) is 11.1 Å². The van der Waals surface area contributed by atoms with Gasteiger partial charge in [0.05, 0.1) is 18.1 Å². The van der Waals surface area contributed by atoms with Gasteiger partial charge in [0.1, 0.15) is 12.1 Å². The lowest BCUT2D eigenvalue weighted by atomic mass is 9.57. The number of nitrogens with one attached hydrogen (secondary N) is 1. The second-order valence-electron chi connectivity index (χ2n) is 8.42. The predicted molar refractivity (Wildman–Crippen MR) is 93.9 cm³/mol. The Balaban J connectivity index is 1.07. The van der Waals surface area contributed by atoms with Crippen LogP contribution in [-0.2, 0) is 11.2 Å². The van der Waals surface area contributed by atoms with Crippen molar-refractivity contribution in [3.8, 4) is 0 Å². The Morgan fingerprint density at radius 2 is 2.00 bits per heavy atom. The van der Waals surface area contributed by atoms with Crippen LogP contribution in [0.15, 0.2) is 18.3 Å². The highest BCUT2D eigenvalue weighted by Gasteiger charge is 2.57. The summed E-state index contributed by atoms with van der Waals surface area (Å²) in [6, 6.07) is 3.97. The number of pyridine rings is 1. The van der Waals surface area contributed by atoms with E-state index in [2.05, 4.69) is 10.3 Å². The summed E-state index contributed by atoms with van der Waals surface area (Å²) in [5, 5.41) is 3.48. The highest BCUT2D eigenvalue weighted by Crippen LogP contribution is 2.53. The molecule has 26 heavy (non-hydrogen) atoms. The third-order valence-electron chi connectivity index (χ3n) is 6.16. The molecule has 3 amide bonds. The Kier molecular flexibility index (Phi) is 3.41. The van der Waals surface area contributed by atoms with Crippen LogP contribution in [-0.4, -0.2) is 65.2 Å². The third-order valence-corrected chi connectivity index (χ3v) is 6.38. The van der Waals surface area contributed by atoms with Crippen molar-refractivity contribution >= 4 is 23.7 Å². The number of nitrogens with zero attached hydrogens (tertiary/aromatic N) is 3. The number of cyclic esters (lactones) is 1. The first-order valence-electron chi connectivity index (χ1n) is 9.04. The summed E-state index contributed by atoms with van der Waals surface area (Å²) >= 11 is 5.88. The molecule has 0 aromatic carbocycles. The monoisotopic (exact) mass is 376 g/mol. The predicted octanol–water partition coefficient (Wildman–Crippen LogP) is 1.90. The lowest BCUT2D eigenvalue weighted by Gasteiger charge is -2.60. The Hall–Kier alpha value is -2.02.